The molecule has 2 fully saturated rings. The summed E-state index contributed by atoms with van der Waals surface area (Å²) < 4.78 is 0. The average Bonchev–Trinajstić information content (AvgIpc) is 3.12. The van der Waals surface area contributed by atoms with Gasteiger partial charge in [-0.3, -0.25) is 14.5 Å². The monoisotopic (exact) mass is 396 g/mol. The molecule has 2 amide bonds. The van der Waals surface area contributed by atoms with E-state index in [0.717, 1.165) is 58.4 Å². The highest BCUT2D eigenvalue weighted by molar-refractivity contribution is 5.85. The van der Waals surface area contributed by atoms with Crippen molar-refractivity contribution in [3.05, 3.63) is 0 Å². The fourth-order valence-electron chi connectivity index (χ4n) is 3.47. The molecule has 6 nitrogen and oxygen atoms in total. The van der Waals surface area contributed by atoms with Gasteiger partial charge in [0.2, 0.25) is 11.8 Å². The van der Waals surface area contributed by atoms with Crippen molar-refractivity contribution in [3.63, 3.8) is 0 Å². The van der Waals surface area contributed by atoms with Gasteiger partial charge < -0.3 is 15.5 Å². The Hall–Kier alpha value is -0.560. The number of amides is 2. The Morgan fingerprint density at radius 1 is 1.16 bits per heavy atom. The van der Waals surface area contributed by atoms with E-state index in [1.165, 1.54) is 0 Å². The highest BCUT2D eigenvalue weighted by atomic mass is 35.5. The molecule has 2 aliphatic rings. The molecule has 0 aromatic carbocycles. The lowest BCUT2D eigenvalue weighted by Crippen LogP contribution is -2.48. The third-order valence-electron chi connectivity index (χ3n) is 5.07. The lowest BCUT2D eigenvalue weighted by molar-refractivity contribution is -0.134. The van der Waals surface area contributed by atoms with E-state index in [9.17, 15) is 9.59 Å². The van der Waals surface area contributed by atoms with E-state index >= 15 is 0 Å². The van der Waals surface area contributed by atoms with Gasteiger partial charge >= 0.3 is 0 Å². The van der Waals surface area contributed by atoms with E-state index in [1.807, 2.05) is 4.90 Å². The predicted octanol–water partition coefficient (Wildman–Crippen LogP) is 1.28. The zero-order valence-corrected chi connectivity index (χ0v) is 17.1. The zero-order chi connectivity index (χ0) is 16.7. The Morgan fingerprint density at radius 2 is 1.88 bits per heavy atom. The van der Waals surface area contributed by atoms with E-state index in [2.05, 4.69) is 29.4 Å². The number of hydrogen-bond donors (Lipinski definition) is 2. The van der Waals surface area contributed by atoms with Gasteiger partial charge in [0.05, 0.1) is 12.6 Å². The van der Waals surface area contributed by atoms with Gasteiger partial charge in [-0.25, -0.2) is 0 Å². The van der Waals surface area contributed by atoms with Gasteiger partial charge in [-0.15, -0.1) is 24.8 Å². The first-order chi connectivity index (χ1) is 11.1. The average molecular weight is 397 g/mol. The predicted molar refractivity (Wildman–Crippen MR) is 106 cm³/mol. The van der Waals surface area contributed by atoms with Gasteiger partial charge in [0.1, 0.15) is 0 Å². The summed E-state index contributed by atoms with van der Waals surface area (Å²) in [5.74, 6) is 0.728. The minimum Gasteiger partial charge on any atom is -0.354 e. The molecule has 0 saturated carbocycles. The van der Waals surface area contributed by atoms with Gasteiger partial charge in [0.15, 0.2) is 0 Å². The molecule has 2 heterocycles. The molecule has 0 spiro atoms. The summed E-state index contributed by atoms with van der Waals surface area (Å²) in [6.07, 6.45) is 4.14. The van der Waals surface area contributed by atoms with Crippen molar-refractivity contribution < 1.29 is 9.59 Å². The maximum Gasteiger partial charge on any atom is 0.237 e. The molecule has 2 N–H and O–H groups in total. The number of carbonyl (C=O) groups excluding carboxylic acids is 2. The summed E-state index contributed by atoms with van der Waals surface area (Å²) in [7, 11) is 0. The SMILES string of the molecule is CCN(CC)CC(=O)N1CCCC(CNC(=O)C2CCCN2)C1.Cl.Cl. The van der Waals surface area contributed by atoms with E-state index in [0.29, 0.717) is 19.0 Å². The summed E-state index contributed by atoms with van der Waals surface area (Å²) in [6, 6.07) is -0.0148. The van der Waals surface area contributed by atoms with Crippen LogP contribution >= 0.6 is 24.8 Å². The molecular weight excluding hydrogens is 363 g/mol. The summed E-state index contributed by atoms with van der Waals surface area (Å²) in [6.45, 7) is 9.76. The molecule has 0 aromatic rings. The fourth-order valence-corrected chi connectivity index (χ4v) is 3.47. The normalized spacial score (nSPS) is 22.9. The van der Waals surface area contributed by atoms with Crippen LogP contribution in [0.4, 0.5) is 0 Å². The number of nitrogens with zero attached hydrogens (tertiary/aromatic N) is 2. The van der Waals surface area contributed by atoms with Crippen LogP contribution in [-0.4, -0.2) is 73.5 Å². The fraction of sp³-hybridized carbons (Fsp3) is 0.882. The first-order valence-corrected chi connectivity index (χ1v) is 9.15. The molecule has 2 saturated heterocycles. The smallest absolute Gasteiger partial charge is 0.237 e. The van der Waals surface area contributed by atoms with Crippen LogP contribution in [0.2, 0.25) is 0 Å². The van der Waals surface area contributed by atoms with Crippen LogP contribution in [0.25, 0.3) is 0 Å². The number of carbonyl (C=O) groups is 2. The van der Waals surface area contributed by atoms with Gasteiger partial charge in [0.25, 0.3) is 0 Å². The zero-order valence-electron chi connectivity index (χ0n) is 15.5. The van der Waals surface area contributed by atoms with Crippen molar-refractivity contribution in [2.24, 2.45) is 5.92 Å². The summed E-state index contributed by atoms with van der Waals surface area (Å²) in [5.41, 5.74) is 0. The lowest BCUT2D eigenvalue weighted by Gasteiger charge is -2.34. The van der Waals surface area contributed by atoms with Gasteiger partial charge in [0, 0.05) is 19.6 Å². The Balaban J connectivity index is 0.00000288. The first kappa shape index (κ1) is 24.4. The van der Waals surface area contributed by atoms with Gasteiger partial charge in [-0.2, -0.15) is 0 Å². The molecule has 0 aliphatic carbocycles. The van der Waals surface area contributed by atoms with Crippen LogP contribution in [0.3, 0.4) is 0 Å². The second-order valence-corrected chi connectivity index (χ2v) is 6.70. The maximum absolute atomic E-state index is 12.4. The van der Waals surface area contributed by atoms with E-state index in [1.54, 1.807) is 0 Å². The number of likely N-dealkylation sites (N-methyl/N-ethyl adjacent to an activating group) is 1. The second-order valence-electron chi connectivity index (χ2n) is 6.70. The number of hydrogen-bond acceptors (Lipinski definition) is 4. The summed E-state index contributed by atoms with van der Waals surface area (Å²) in [4.78, 5) is 28.6. The van der Waals surface area contributed by atoms with Crippen LogP contribution in [0, 0.1) is 5.92 Å². The van der Waals surface area contributed by atoms with Crippen molar-refractivity contribution in [2.45, 2.75) is 45.6 Å². The second kappa shape index (κ2) is 12.7. The molecule has 0 aromatic heterocycles. The minimum absolute atomic E-state index is 0. The van der Waals surface area contributed by atoms with Crippen molar-refractivity contribution in [1.82, 2.24) is 20.4 Å². The van der Waals surface area contributed by atoms with E-state index in [4.69, 9.17) is 0 Å². The topological polar surface area (TPSA) is 64.7 Å². The van der Waals surface area contributed by atoms with Crippen LogP contribution in [0.5, 0.6) is 0 Å². The molecular formula is C17H34Cl2N4O2. The van der Waals surface area contributed by atoms with Gasteiger partial charge in [-0.1, -0.05) is 13.8 Å². The minimum atomic E-state index is -0.0148. The molecule has 2 atom stereocenters. The largest absolute Gasteiger partial charge is 0.354 e. The molecule has 148 valence electrons. The Labute approximate surface area is 164 Å². The third-order valence-corrected chi connectivity index (χ3v) is 5.07. The van der Waals surface area contributed by atoms with E-state index in [-0.39, 0.29) is 42.7 Å². The van der Waals surface area contributed by atoms with Crippen molar-refractivity contribution in [2.75, 3.05) is 45.8 Å². The lowest BCUT2D eigenvalue weighted by atomic mass is 9.97. The van der Waals surface area contributed by atoms with Crippen LogP contribution in [0.1, 0.15) is 39.5 Å². The third kappa shape index (κ3) is 7.69. The number of likely N-dealkylation sites (tertiary alicyclic amines) is 1. The number of halogens is 2. The summed E-state index contributed by atoms with van der Waals surface area (Å²) >= 11 is 0. The molecule has 25 heavy (non-hydrogen) atoms. The number of rotatable bonds is 7. The van der Waals surface area contributed by atoms with Crippen LogP contribution in [0.15, 0.2) is 0 Å². The van der Waals surface area contributed by atoms with Gasteiger partial charge in [-0.05, 0) is 51.2 Å². The molecule has 0 bridgehead atoms. The van der Waals surface area contributed by atoms with E-state index < -0.39 is 0 Å². The van der Waals surface area contributed by atoms with Crippen LogP contribution < -0.4 is 10.6 Å². The van der Waals surface area contributed by atoms with Crippen molar-refractivity contribution in [3.8, 4) is 0 Å². The number of nitrogens with one attached hydrogen (secondary N) is 2. The molecule has 0 radical (unpaired) electrons. The standard InChI is InChI=1S/C17H32N4O2.2ClH/c1-3-20(4-2)13-16(22)21-10-6-7-14(12-21)11-19-17(23)15-8-5-9-18-15;;/h14-15,18H,3-13H2,1-2H3,(H,19,23);2*1H. The molecule has 2 aliphatic heterocycles. The molecule has 2 rings (SSSR count). The molecule has 2 unspecified atom stereocenters. The first-order valence-electron chi connectivity index (χ1n) is 9.15. The van der Waals surface area contributed by atoms with Crippen LogP contribution in [-0.2, 0) is 9.59 Å². The van der Waals surface area contributed by atoms with Crippen molar-refractivity contribution >= 4 is 36.6 Å². The molecule has 8 heteroatoms. The maximum atomic E-state index is 12.4. The highest BCUT2D eigenvalue weighted by Crippen LogP contribution is 2.16. The highest BCUT2D eigenvalue weighted by Gasteiger charge is 2.26. The Kier molecular flexibility index (Phi) is 12.5. The Morgan fingerprint density at radius 3 is 2.48 bits per heavy atom. The summed E-state index contributed by atoms with van der Waals surface area (Å²) in [5, 5.41) is 6.29. The quantitative estimate of drug-likeness (QED) is 0.680. The Bertz CT molecular complexity index is 402. The van der Waals surface area contributed by atoms with Crippen molar-refractivity contribution in [1.29, 1.82) is 0 Å². The number of piperidine rings is 1.